The lowest BCUT2D eigenvalue weighted by molar-refractivity contribution is -0.141. The second-order valence-corrected chi connectivity index (χ2v) is 7.66. The van der Waals surface area contributed by atoms with E-state index in [1.165, 1.54) is 49.1 Å². The highest BCUT2D eigenvalue weighted by Gasteiger charge is 2.45. The highest BCUT2D eigenvalue weighted by atomic mass is 19.4. The van der Waals surface area contributed by atoms with Gasteiger partial charge >= 0.3 is 6.18 Å². The van der Waals surface area contributed by atoms with Gasteiger partial charge in [0.2, 0.25) is 0 Å². The van der Waals surface area contributed by atoms with E-state index in [0.717, 1.165) is 12.3 Å². The van der Waals surface area contributed by atoms with Gasteiger partial charge in [0.25, 0.3) is 0 Å². The van der Waals surface area contributed by atoms with Crippen LogP contribution in [0.4, 0.5) is 17.6 Å². The lowest BCUT2D eigenvalue weighted by Crippen LogP contribution is -2.26. The molecule has 2 aromatic heterocycles. The molecular formula is C24H15F4N5O. The topological polar surface area (TPSA) is 97.3 Å². The average molecular weight is 465 g/mol. The van der Waals surface area contributed by atoms with Crippen LogP contribution in [0.25, 0.3) is 11.1 Å². The Labute approximate surface area is 190 Å². The summed E-state index contributed by atoms with van der Waals surface area (Å²) in [7, 11) is 0. The predicted molar refractivity (Wildman–Crippen MR) is 115 cm³/mol. The second kappa shape index (κ2) is 7.62. The number of pyridine rings is 1. The Morgan fingerprint density at radius 2 is 1.68 bits per heavy atom. The molecule has 0 aliphatic carbocycles. The number of benzene rings is 2. The molecule has 0 amide bonds. The molecule has 34 heavy (non-hydrogen) atoms. The molecule has 1 unspecified atom stereocenters. The zero-order chi connectivity index (χ0) is 24.1. The largest absolute Gasteiger partial charge is 0.507 e. The molecule has 1 aliphatic rings. The molecule has 0 bridgehead atoms. The van der Waals surface area contributed by atoms with Crippen LogP contribution in [0, 0.1) is 5.82 Å². The highest BCUT2D eigenvalue weighted by molar-refractivity contribution is 6.03. The summed E-state index contributed by atoms with van der Waals surface area (Å²) < 4.78 is 55.4. The van der Waals surface area contributed by atoms with Gasteiger partial charge in [0.1, 0.15) is 35.0 Å². The zero-order valence-electron chi connectivity index (χ0n) is 17.3. The molecule has 3 N–H and O–H groups in total. The predicted octanol–water partition coefficient (Wildman–Crippen LogP) is 4.41. The van der Waals surface area contributed by atoms with Gasteiger partial charge in [-0.15, -0.1) is 0 Å². The van der Waals surface area contributed by atoms with Crippen LogP contribution in [0.3, 0.4) is 0 Å². The first kappa shape index (κ1) is 21.5. The van der Waals surface area contributed by atoms with Crippen molar-refractivity contribution >= 4 is 5.84 Å². The van der Waals surface area contributed by atoms with Crippen molar-refractivity contribution in [1.29, 1.82) is 0 Å². The summed E-state index contributed by atoms with van der Waals surface area (Å²) in [5, 5.41) is 10.5. The fourth-order valence-electron chi connectivity index (χ4n) is 4.23. The van der Waals surface area contributed by atoms with Crippen molar-refractivity contribution in [2.75, 3.05) is 0 Å². The van der Waals surface area contributed by atoms with Crippen molar-refractivity contribution in [3.8, 4) is 16.9 Å². The van der Waals surface area contributed by atoms with E-state index >= 15 is 0 Å². The Bertz CT molecular complexity index is 1440. The molecule has 0 fully saturated rings. The quantitative estimate of drug-likeness (QED) is 0.437. The van der Waals surface area contributed by atoms with Crippen LogP contribution >= 0.6 is 0 Å². The first-order valence-corrected chi connectivity index (χ1v) is 9.99. The summed E-state index contributed by atoms with van der Waals surface area (Å²) in [5.41, 5.74) is 4.86. The van der Waals surface area contributed by atoms with E-state index in [0.29, 0.717) is 16.7 Å². The van der Waals surface area contributed by atoms with E-state index < -0.39 is 23.2 Å². The van der Waals surface area contributed by atoms with E-state index in [4.69, 9.17) is 5.73 Å². The SMILES string of the molecule is NC1=NC(c2ccnc(C(F)(F)F)c2)(c2ccc(O)c(-c3cncnc3)c2)c2cccc(F)c21. The number of rotatable bonds is 3. The first-order chi connectivity index (χ1) is 16.2. The smallest absolute Gasteiger partial charge is 0.433 e. The average Bonchev–Trinajstić information content (AvgIpc) is 3.14. The van der Waals surface area contributed by atoms with E-state index in [1.54, 1.807) is 12.1 Å². The van der Waals surface area contributed by atoms with Crippen molar-refractivity contribution in [2.24, 2.45) is 10.7 Å². The van der Waals surface area contributed by atoms with Crippen LogP contribution in [0.5, 0.6) is 5.75 Å². The van der Waals surface area contributed by atoms with Gasteiger partial charge in [-0.1, -0.05) is 18.2 Å². The Hall–Kier alpha value is -4.34. The number of nitrogens with two attached hydrogens (primary N) is 1. The number of nitrogens with zero attached hydrogens (tertiary/aromatic N) is 4. The van der Waals surface area contributed by atoms with Crippen molar-refractivity contribution in [3.05, 3.63) is 107 Å². The third-order valence-corrected chi connectivity index (χ3v) is 5.70. The lowest BCUT2D eigenvalue weighted by atomic mass is 9.77. The normalized spacial score (nSPS) is 17.4. The molecule has 0 saturated carbocycles. The molecule has 5 rings (SSSR count). The molecule has 10 heteroatoms. The number of hydrogen-bond acceptors (Lipinski definition) is 6. The first-order valence-electron chi connectivity index (χ1n) is 9.99. The molecule has 170 valence electrons. The molecule has 1 aliphatic heterocycles. The number of halogens is 4. The second-order valence-electron chi connectivity index (χ2n) is 7.66. The summed E-state index contributed by atoms with van der Waals surface area (Å²) in [5.74, 6) is -0.911. The maximum atomic E-state index is 14.8. The summed E-state index contributed by atoms with van der Waals surface area (Å²) >= 11 is 0. The maximum absolute atomic E-state index is 14.8. The van der Waals surface area contributed by atoms with Gasteiger partial charge in [0, 0.05) is 35.3 Å². The molecule has 0 saturated heterocycles. The number of phenolic OH excluding ortho intramolecular Hbond substituents is 1. The number of alkyl halides is 3. The molecule has 1 atom stereocenters. The van der Waals surface area contributed by atoms with Gasteiger partial charge in [0.05, 0.1) is 5.56 Å². The minimum atomic E-state index is -4.71. The Balaban J connectivity index is 1.84. The zero-order valence-corrected chi connectivity index (χ0v) is 17.3. The van der Waals surface area contributed by atoms with Crippen molar-refractivity contribution in [2.45, 2.75) is 11.7 Å². The molecule has 0 radical (unpaired) electrons. The Morgan fingerprint density at radius 1 is 0.941 bits per heavy atom. The van der Waals surface area contributed by atoms with Crippen LogP contribution in [0.15, 0.2) is 78.4 Å². The fraction of sp³-hybridized carbons (Fsp3) is 0.0833. The number of aromatic hydroxyl groups is 1. The summed E-state index contributed by atoms with van der Waals surface area (Å²) in [6.07, 6.45) is 0.592. The van der Waals surface area contributed by atoms with Crippen molar-refractivity contribution in [1.82, 2.24) is 15.0 Å². The molecule has 4 aromatic rings. The van der Waals surface area contributed by atoms with E-state index in [2.05, 4.69) is 19.9 Å². The van der Waals surface area contributed by atoms with E-state index in [1.807, 2.05) is 0 Å². The van der Waals surface area contributed by atoms with Gasteiger partial charge in [-0.2, -0.15) is 13.2 Å². The van der Waals surface area contributed by atoms with Gasteiger partial charge in [-0.25, -0.2) is 19.4 Å². The van der Waals surface area contributed by atoms with Crippen molar-refractivity contribution < 1.29 is 22.7 Å². The lowest BCUT2D eigenvalue weighted by Gasteiger charge is -2.30. The minimum absolute atomic E-state index is 0.00513. The van der Waals surface area contributed by atoms with Gasteiger partial charge in [-0.05, 0) is 41.5 Å². The molecular weight excluding hydrogens is 450 g/mol. The van der Waals surface area contributed by atoms with Gasteiger partial charge < -0.3 is 10.8 Å². The monoisotopic (exact) mass is 465 g/mol. The Morgan fingerprint density at radius 3 is 2.41 bits per heavy atom. The summed E-state index contributed by atoms with van der Waals surface area (Å²) in [6, 6.07) is 10.9. The van der Waals surface area contributed by atoms with E-state index in [9.17, 15) is 22.7 Å². The molecule has 2 aromatic carbocycles. The van der Waals surface area contributed by atoms with Crippen LogP contribution in [-0.2, 0) is 11.7 Å². The number of aliphatic imine (C=N–C) groups is 1. The standard InChI is InChI=1S/C24H15F4N5O/c25-18-3-1-2-17-21(18)22(29)33-23(17,15-6-7-32-20(9-15)24(26,27)28)14-4-5-19(34)16(8-14)13-10-30-12-31-11-13/h1-12,34H,(H2,29,33). The van der Waals surface area contributed by atoms with Crippen LogP contribution < -0.4 is 5.73 Å². The van der Waals surface area contributed by atoms with Crippen LogP contribution in [0.1, 0.15) is 27.9 Å². The minimum Gasteiger partial charge on any atom is -0.507 e. The number of phenols is 1. The maximum Gasteiger partial charge on any atom is 0.433 e. The number of aromatic nitrogens is 3. The van der Waals surface area contributed by atoms with Gasteiger partial charge in [0.15, 0.2) is 0 Å². The van der Waals surface area contributed by atoms with E-state index in [-0.39, 0.29) is 28.3 Å². The van der Waals surface area contributed by atoms with Crippen LogP contribution in [-0.4, -0.2) is 25.9 Å². The highest BCUT2D eigenvalue weighted by Crippen LogP contribution is 2.48. The Kier molecular flexibility index (Phi) is 4.82. The fourth-order valence-corrected chi connectivity index (χ4v) is 4.23. The molecule has 3 heterocycles. The third kappa shape index (κ3) is 3.26. The molecule has 0 spiro atoms. The summed E-state index contributed by atoms with van der Waals surface area (Å²) in [4.78, 5) is 15.9. The van der Waals surface area contributed by atoms with Crippen molar-refractivity contribution in [3.63, 3.8) is 0 Å². The summed E-state index contributed by atoms with van der Waals surface area (Å²) in [6.45, 7) is 0. The number of hydrogen-bond donors (Lipinski definition) is 2. The number of amidine groups is 1. The van der Waals surface area contributed by atoms with Gasteiger partial charge in [-0.3, -0.25) is 4.98 Å². The third-order valence-electron chi connectivity index (χ3n) is 5.70. The number of fused-ring (bicyclic) bond motifs is 1. The van der Waals surface area contributed by atoms with Crippen LogP contribution in [0.2, 0.25) is 0 Å². The molecule has 6 nitrogen and oxygen atoms in total.